The highest BCUT2D eigenvalue weighted by atomic mass is 19.4. The van der Waals surface area contributed by atoms with E-state index in [1.165, 1.54) is 0 Å². The predicted octanol–water partition coefficient (Wildman–Crippen LogP) is 2.10. The molecule has 0 amide bonds. The first-order valence-electron chi connectivity index (χ1n) is 5.52. The Bertz CT molecular complexity index is 338. The van der Waals surface area contributed by atoms with Crippen molar-refractivity contribution in [3.63, 3.8) is 0 Å². The van der Waals surface area contributed by atoms with E-state index in [0.717, 1.165) is 13.0 Å². The number of hydrogen-bond acceptors (Lipinski definition) is 4. The smallest absolute Gasteiger partial charge is 0.339 e. The predicted molar refractivity (Wildman–Crippen MR) is 55.5 cm³/mol. The number of nitrogens with zero attached hydrogens (tertiary/aromatic N) is 2. The summed E-state index contributed by atoms with van der Waals surface area (Å²) in [5.74, 6) is -0.0439. The number of aromatic nitrogens is 2. The lowest BCUT2D eigenvalue weighted by Gasteiger charge is -2.09. The SMILES string of the molecule is CCNC(C)CCc1nc(CC(F)(F)F)no1. The fraction of sp³-hybridized carbons (Fsp3) is 0.800. The van der Waals surface area contributed by atoms with Crippen molar-refractivity contribution in [2.45, 2.75) is 45.3 Å². The summed E-state index contributed by atoms with van der Waals surface area (Å²) < 4.78 is 40.9. The van der Waals surface area contributed by atoms with Crippen molar-refractivity contribution in [3.05, 3.63) is 11.7 Å². The standard InChI is InChI=1S/C10H16F3N3O/c1-3-14-7(2)4-5-9-15-8(16-17-9)6-10(11,12)13/h7,14H,3-6H2,1-2H3. The summed E-state index contributed by atoms with van der Waals surface area (Å²) >= 11 is 0. The minimum atomic E-state index is -4.29. The van der Waals surface area contributed by atoms with Crippen LogP contribution in [0.3, 0.4) is 0 Å². The summed E-state index contributed by atoms with van der Waals surface area (Å²) in [6, 6.07) is 0.276. The molecule has 0 saturated carbocycles. The largest absolute Gasteiger partial charge is 0.396 e. The third-order valence-electron chi connectivity index (χ3n) is 2.21. The Labute approximate surface area is 97.6 Å². The van der Waals surface area contributed by atoms with Gasteiger partial charge in [-0.25, -0.2) is 0 Å². The zero-order valence-electron chi connectivity index (χ0n) is 9.84. The van der Waals surface area contributed by atoms with Crippen molar-refractivity contribution in [2.24, 2.45) is 0 Å². The van der Waals surface area contributed by atoms with Gasteiger partial charge in [0.15, 0.2) is 5.82 Å². The van der Waals surface area contributed by atoms with E-state index in [0.29, 0.717) is 6.42 Å². The molecule has 0 bridgehead atoms. The van der Waals surface area contributed by atoms with Gasteiger partial charge in [-0.05, 0) is 19.9 Å². The average Bonchev–Trinajstić information content (AvgIpc) is 2.60. The molecular formula is C10H16F3N3O. The maximum absolute atomic E-state index is 12.0. The zero-order chi connectivity index (χ0) is 12.9. The number of rotatable bonds is 6. The molecule has 1 rings (SSSR count). The van der Waals surface area contributed by atoms with E-state index in [1.54, 1.807) is 0 Å². The van der Waals surface area contributed by atoms with Crippen LogP contribution >= 0.6 is 0 Å². The first kappa shape index (κ1) is 14.0. The van der Waals surface area contributed by atoms with E-state index in [1.807, 2.05) is 13.8 Å². The van der Waals surface area contributed by atoms with Gasteiger partial charge in [-0.15, -0.1) is 0 Å². The Kier molecular flexibility index (Phi) is 4.92. The van der Waals surface area contributed by atoms with Crippen LogP contribution in [0.25, 0.3) is 0 Å². The summed E-state index contributed by atoms with van der Waals surface area (Å²) in [6.07, 6.45) is -4.20. The molecule has 0 saturated heterocycles. The summed E-state index contributed by atoms with van der Waals surface area (Å²) in [5, 5.41) is 6.49. The lowest BCUT2D eigenvalue weighted by Crippen LogP contribution is -2.25. The van der Waals surface area contributed by atoms with E-state index in [4.69, 9.17) is 4.52 Å². The first-order valence-corrected chi connectivity index (χ1v) is 5.52. The van der Waals surface area contributed by atoms with Gasteiger partial charge < -0.3 is 9.84 Å². The number of halogens is 3. The minimum Gasteiger partial charge on any atom is -0.339 e. The van der Waals surface area contributed by atoms with E-state index in [-0.39, 0.29) is 17.8 Å². The van der Waals surface area contributed by atoms with Crippen LogP contribution in [0.5, 0.6) is 0 Å². The normalized spacial score (nSPS) is 13.9. The van der Waals surface area contributed by atoms with Crippen LogP contribution in [0.15, 0.2) is 4.52 Å². The zero-order valence-corrected chi connectivity index (χ0v) is 9.84. The van der Waals surface area contributed by atoms with Crippen LogP contribution in [0.1, 0.15) is 32.0 Å². The highest BCUT2D eigenvalue weighted by Crippen LogP contribution is 2.19. The quantitative estimate of drug-likeness (QED) is 0.841. The maximum atomic E-state index is 12.0. The van der Waals surface area contributed by atoms with Gasteiger partial charge in [0.2, 0.25) is 5.89 Å². The highest BCUT2D eigenvalue weighted by molar-refractivity contribution is 4.89. The van der Waals surface area contributed by atoms with E-state index in [2.05, 4.69) is 15.5 Å². The van der Waals surface area contributed by atoms with Gasteiger partial charge in [0.05, 0.1) is 0 Å². The van der Waals surface area contributed by atoms with Gasteiger partial charge in [-0.2, -0.15) is 18.2 Å². The molecule has 0 fully saturated rings. The summed E-state index contributed by atoms with van der Waals surface area (Å²) in [4.78, 5) is 3.70. The number of alkyl halides is 3. The Morgan fingerprint density at radius 1 is 1.41 bits per heavy atom. The molecule has 1 N–H and O–H groups in total. The van der Waals surface area contributed by atoms with Crippen LogP contribution < -0.4 is 5.32 Å². The van der Waals surface area contributed by atoms with Crippen molar-refractivity contribution in [1.82, 2.24) is 15.5 Å². The second kappa shape index (κ2) is 6.00. The van der Waals surface area contributed by atoms with Crippen molar-refractivity contribution in [2.75, 3.05) is 6.54 Å². The molecule has 0 aliphatic rings. The highest BCUT2D eigenvalue weighted by Gasteiger charge is 2.30. The second-order valence-electron chi connectivity index (χ2n) is 3.89. The third-order valence-corrected chi connectivity index (χ3v) is 2.21. The second-order valence-corrected chi connectivity index (χ2v) is 3.89. The molecule has 98 valence electrons. The van der Waals surface area contributed by atoms with Crippen LogP contribution in [0, 0.1) is 0 Å². The van der Waals surface area contributed by atoms with Crippen molar-refractivity contribution in [3.8, 4) is 0 Å². The molecule has 0 aliphatic heterocycles. The summed E-state index contributed by atoms with van der Waals surface area (Å²) in [6.45, 7) is 4.84. The molecule has 0 radical (unpaired) electrons. The molecule has 1 unspecified atom stereocenters. The number of nitrogens with one attached hydrogen (secondary N) is 1. The molecule has 1 aromatic heterocycles. The molecule has 0 aliphatic carbocycles. The van der Waals surface area contributed by atoms with E-state index >= 15 is 0 Å². The number of aryl methyl sites for hydroxylation is 1. The van der Waals surface area contributed by atoms with Crippen molar-refractivity contribution >= 4 is 0 Å². The Morgan fingerprint density at radius 2 is 2.12 bits per heavy atom. The van der Waals surface area contributed by atoms with Gasteiger partial charge in [0.1, 0.15) is 6.42 Å². The van der Waals surface area contributed by atoms with Crippen molar-refractivity contribution in [1.29, 1.82) is 0 Å². The monoisotopic (exact) mass is 251 g/mol. The average molecular weight is 251 g/mol. The van der Waals surface area contributed by atoms with E-state index in [9.17, 15) is 13.2 Å². The topological polar surface area (TPSA) is 51.0 Å². The molecule has 0 spiro atoms. The Balaban J connectivity index is 2.41. The lowest BCUT2D eigenvalue weighted by atomic mass is 10.2. The third kappa shape index (κ3) is 5.67. The fourth-order valence-electron chi connectivity index (χ4n) is 1.43. The fourth-order valence-corrected chi connectivity index (χ4v) is 1.43. The van der Waals surface area contributed by atoms with E-state index < -0.39 is 12.6 Å². The van der Waals surface area contributed by atoms with Crippen LogP contribution in [0.4, 0.5) is 13.2 Å². The van der Waals surface area contributed by atoms with Crippen LogP contribution in [0.2, 0.25) is 0 Å². The molecule has 4 nitrogen and oxygen atoms in total. The lowest BCUT2D eigenvalue weighted by molar-refractivity contribution is -0.128. The summed E-state index contributed by atoms with van der Waals surface area (Å²) in [7, 11) is 0. The van der Waals surface area contributed by atoms with Gasteiger partial charge in [0.25, 0.3) is 0 Å². The minimum absolute atomic E-state index is 0.258. The molecule has 1 heterocycles. The van der Waals surface area contributed by atoms with Gasteiger partial charge in [-0.3, -0.25) is 0 Å². The Morgan fingerprint density at radius 3 is 2.71 bits per heavy atom. The Hall–Kier alpha value is -1.11. The van der Waals surface area contributed by atoms with Crippen LogP contribution in [-0.2, 0) is 12.8 Å². The molecule has 1 atom stereocenters. The molecule has 17 heavy (non-hydrogen) atoms. The molecular weight excluding hydrogens is 235 g/mol. The molecule has 7 heteroatoms. The summed E-state index contributed by atoms with van der Waals surface area (Å²) in [5.41, 5.74) is 0. The van der Waals surface area contributed by atoms with Crippen LogP contribution in [-0.4, -0.2) is 28.9 Å². The van der Waals surface area contributed by atoms with Gasteiger partial charge >= 0.3 is 6.18 Å². The molecule has 1 aromatic rings. The molecule has 0 aromatic carbocycles. The maximum Gasteiger partial charge on any atom is 0.396 e. The van der Waals surface area contributed by atoms with Crippen molar-refractivity contribution < 1.29 is 17.7 Å². The first-order chi connectivity index (χ1) is 7.90. The van der Waals surface area contributed by atoms with Gasteiger partial charge in [0, 0.05) is 12.5 Å². The number of hydrogen-bond donors (Lipinski definition) is 1. The van der Waals surface area contributed by atoms with Gasteiger partial charge in [-0.1, -0.05) is 12.1 Å².